The normalized spacial score (nSPS) is 29.1. The second-order valence-corrected chi connectivity index (χ2v) is 8.77. The van der Waals surface area contributed by atoms with Gasteiger partial charge in [0.2, 0.25) is 0 Å². The summed E-state index contributed by atoms with van der Waals surface area (Å²) in [6.07, 6.45) is 15.1. The van der Waals surface area contributed by atoms with Crippen LogP contribution in [0.25, 0.3) is 0 Å². The molecule has 0 atom stereocenters. The second-order valence-electron chi connectivity index (χ2n) is 8.77. The highest BCUT2D eigenvalue weighted by Crippen LogP contribution is 2.44. The summed E-state index contributed by atoms with van der Waals surface area (Å²) < 4.78 is 0. The van der Waals surface area contributed by atoms with Crippen LogP contribution in [0.15, 0.2) is 36.4 Å². The van der Waals surface area contributed by atoms with Gasteiger partial charge >= 0.3 is 0 Å². The van der Waals surface area contributed by atoms with Gasteiger partial charge in [0.25, 0.3) is 0 Å². The number of nitriles is 1. The molecule has 2 aliphatic carbocycles. The summed E-state index contributed by atoms with van der Waals surface area (Å²) in [4.78, 5) is 0. The molecule has 1 aromatic carbocycles. The molecule has 1 nitrogen and oxygen atoms in total. The van der Waals surface area contributed by atoms with E-state index in [0.29, 0.717) is 0 Å². The third kappa shape index (κ3) is 5.00. The van der Waals surface area contributed by atoms with Crippen molar-refractivity contribution < 1.29 is 0 Å². The van der Waals surface area contributed by atoms with Gasteiger partial charge in [0.15, 0.2) is 0 Å². The van der Waals surface area contributed by atoms with Gasteiger partial charge in [-0.2, -0.15) is 5.26 Å². The van der Waals surface area contributed by atoms with Crippen LogP contribution in [-0.2, 0) is 0 Å². The van der Waals surface area contributed by atoms with E-state index >= 15 is 0 Å². The van der Waals surface area contributed by atoms with E-state index in [1.807, 2.05) is 12.1 Å². The van der Waals surface area contributed by atoms with Gasteiger partial charge in [-0.25, -0.2) is 0 Å². The molecule has 2 fully saturated rings. The maximum atomic E-state index is 8.96. The predicted molar refractivity (Wildman–Crippen MR) is 110 cm³/mol. The molecule has 2 aliphatic rings. The first-order chi connectivity index (χ1) is 12.7. The molecule has 1 heteroatoms. The Morgan fingerprint density at radius 1 is 0.962 bits per heavy atom. The summed E-state index contributed by atoms with van der Waals surface area (Å²) in [5, 5.41) is 8.96. The Kier molecular flexibility index (Phi) is 6.95. The third-order valence-corrected chi connectivity index (χ3v) is 7.25. The molecule has 0 bridgehead atoms. The fourth-order valence-corrected chi connectivity index (χ4v) is 5.29. The maximum absolute atomic E-state index is 8.96. The van der Waals surface area contributed by atoms with Crippen LogP contribution >= 0.6 is 0 Å². The molecule has 0 radical (unpaired) electrons. The Balaban J connectivity index is 1.41. The Labute approximate surface area is 160 Å². The maximum Gasteiger partial charge on any atom is 0.0991 e. The zero-order chi connectivity index (χ0) is 18.4. The van der Waals surface area contributed by atoms with E-state index < -0.39 is 0 Å². The van der Waals surface area contributed by atoms with Crippen molar-refractivity contribution >= 4 is 0 Å². The summed E-state index contributed by atoms with van der Waals surface area (Å²) in [5.74, 6) is 3.64. The molecule has 0 N–H and O–H groups in total. The van der Waals surface area contributed by atoms with E-state index in [4.69, 9.17) is 5.26 Å². The molecule has 2 saturated carbocycles. The summed E-state index contributed by atoms with van der Waals surface area (Å²) in [5.41, 5.74) is 3.66. The van der Waals surface area contributed by atoms with Gasteiger partial charge in [-0.15, -0.1) is 0 Å². The Morgan fingerprint density at radius 2 is 1.54 bits per heavy atom. The number of hydrogen-bond donors (Lipinski definition) is 0. The van der Waals surface area contributed by atoms with Crippen LogP contribution in [0.4, 0.5) is 0 Å². The van der Waals surface area contributed by atoms with Gasteiger partial charge in [-0.3, -0.25) is 0 Å². The van der Waals surface area contributed by atoms with Crippen molar-refractivity contribution in [3.05, 3.63) is 47.5 Å². The van der Waals surface area contributed by atoms with Crippen LogP contribution in [-0.4, -0.2) is 0 Å². The molecule has 26 heavy (non-hydrogen) atoms. The average Bonchev–Trinajstić information content (AvgIpc) is 2.72. The quantitative estimate of drug-likeness (QED) is 0.491. The van der Waals surface area contributed by atoms with Crippen LogP contribution in [0.2, 0.25) is 0 Å². The number of nitrogens with zero attached hydrogens (tertiary/aromatic N) is 1. The fraction of sp³-hybridized carbons (Fsp3) is 0.640. The molecule has 0 aromatic heterocycles. The first kappa shape index (κ1) is 19.2. The standard InChI is InChI=1S/C25H35N/c1-3-19(2)4-5-20-6-10-22(11-7-20)24-14-16-25(17-15-24)23-12-8-21(18-26)9-13-23/h8-9,12-13,20,22,24-25H,2-7,10-11,14-17H2,1H3. The van der Waals surface area contributed by atoms with Crippen LogP contribution in [0.1, 0.15) is 94.6 Å². The van der Waals surface area contributed by atoms with Gasteiger partial charge in [0.05, 0.1) is 11.6 Å². The Hall–Kier alpha value is -1.55. The highest BCUT2D eigenvalue weighted by Gasteiger charge is 2.31. The molecule has 140 valence electrons. The van der Waals surface area contributed by atoms with Gasteiger partial charge in [0, 0.05) is 0 Å². The largest absolute Gasteiger partial charge is 0.192 e. The number of rotatable bonds is 6. The predicted octanol–water partition coefficient (Wildman–Crippen LogP) is 7.38. The second kappa shape index (κ2) is 9.40. The zero-order valence-corrected chi connectivity index (χ0v) is 16.6. The minimum atomic E-state index is 0.718. The molecular weight excluding hydrogens is 314 g/mol. The monoisotopic (exact) mass is 349 g/mol. The van der Waals surface area contributed by atoms with E-state index in [1.165, 1.54) is 75.3 Å². The molecule has 1 aromatic rings. The summed E-state index contributed by atoms with van der Waals surface area (Å²) in [6.45, 7) is 6.40. The highest BCUT2D eigenvalue weighted by atomic mass is 14.4. The van der Waals surface area contributed by atoms with Gasteiger partial charge < -0.3 is 0 Å². The molecule has 0 aliphatic heterocycles. The first-order valence-corrected chi connectivity index (χ1v) is 10.9. The third-order valence-electron chi connectivity index (χ3n) is 7.25. The summed E-state index contributed by atoms with van der Waals surface area (Å²) in [6, 6.07) is 10.5. The van der Waals surface area contributed by atoms with Gasteiger partial charge in [-0.05, 0) is 99.2 Å². The topological polar surface area (TPSA) is 23.8 Å². The highest BCUT2D eigenvalue weighted by molar-refractivity contribution is 5.33. The van der Waals surface area contributed by atoms with Crippen molar-refractivity contribution in [2.24, 2.45) is 17.8 Å². The first-order valence-electron chi connectivity index (χ1n) is 10.9. The van der Waals surface area contributed by atoms with E-state index in [0.717, 1.165) is 35.7 Å². The van der Waals surface area contributed by atoms with Crippen molar-refractivity contribution in [2.75, 3.05) is 0 Å². The minimum Gasteiger partial charge on any atom is -0.192 e. The number of benzene rings is 1. The summed E-state index contributed by atoms with van der Waals surface area (Å²) in [7, 11) is 0. The van der Waals surface area contributed by atoms with Crippen molar-refractivity contribution in [2.45, 2.75) is 83.5 Å². The lowest BCUT2D eigenvalue weighted by Crippen LogP contribution is -2.25. The van der Waals surface area contributed by atoms with Crippen LogP contribution in [0.3, 0.4) is 0 Å². The van der Waals surface area contributed by atoms with Crippen molar-refractivity contribution in [3.8, 4) is 6.07 Å². The summed E-state index contributed by atoms with van der Waals surface area (Å²) >= 11 is 0. The molecule has 3 rings (SSSR count). The zero-order valence-electron chi connectivity index (χ0n) is 16.6. The van der Waals surface area contributed by atoms with Crippen LogP contribution < -0.4 is 0 Å². The van der Waals surface area contributed by atoms with E-state index in [2.05, 4.69) is 31.7 Å². The smallest absolute Gasteiger partial charge is 0.0991 e. The lowest BCUT2D eigenvalue weighted by atomic mass is 9.68. The molecule has 0 unspecified atom stereocenters. The molecule has 0 saturated heterocycles. The minimum absolute atomic E-state index is 0.718. The van der Waals surface area contributed by atoms with Gasteiger partial charge in [-0.1, -0.05) is 44.1 Å². The average molecular weight is 350 g/mol. The Bertz CT molecular complexity index is 605. The van der Waals surface area contributed by atoms with E-state index in [-0.39, 0.29) is 0 Å². The molecule has 0 spiro atoms. The fourth-order valence-electron chi connectivity index (χ4n) is 5.29. The van der Waals surface area contributed by atoms with E-state index in [1.54, 1.807) is 0 Å². The number of allylic oxidation sites excluding steroid dienone is 1. The SMILES string of the molecule is C=C(CC)CCC1CCC(C2CCC(c3ccc(C#N)cc3)CC2)CC1. The molecule has 0 amide bonds. The lowest BCUT2D eigenvalue weighted by Gasteiger charge is -2.38. The van der Waals surface area contributed by atoms with Crippen molar-refractivity contribution in [1.82, 2.24) is 0 Å². The van der Waals surface area contributed by atoms with Gasteiger partial charge in [0.1, 0.15) is 0 Å². The van der Waals surface area contributed by atoms with Crippen molar-refractivity contribution in [3.63, 3.8) is 0 Å². The molecular formula is C25H35N. The van der Waals surface area contributed by atoms with E-state index in [9.17, 15) is 0 Å². The van der Waals surface area contributed by atoms with Crippen LogP contribution in [0, 0.1) is 29.1 Å². The molecule has 0 heterocycles. The lowest BCUT2D eigenvalue weighted by molar-refractivity contribution is 0.157. The van der Waals surface area contributed by atoms with Crippen LogP contribution in [0.5, 0.6) is 0 Å². The number of hydrogen-bond acceptors (Lipinski definition) is 1. The van der Waals surface area contributed by atoms with Crippen molar-refractivity contribution in [1.29, 1.82) is 5.26 Å². The Morgan fingerprint density at radius 3 is 2.08 bits per heavy atom.